The van der Waals surface area contributed by atoms with Gasteiger partial charge in [0.15, 0.2) is 0 Å². The van der Waals surface area contributed by atoms with E-state index in [0.29, 0.717) is 25.9 Å². The molecule has 26 heavy (non-hydrogen) atoms. The van der Waals surface area contributed by atoms with E-state index in [1.54, 1.807) is 13.3 Å². The predicted octanol–water partition coefficient (Wildman–Crippen LogP) is 0.631. The van der Waals surface area contributed by atoms with Gasteiger partial charge in [-0.15, -0.1) is 0 Å². The highest BCUT2D eigenvalue weighted by Gasteiger charge is 2.37. The summed E-state index contributed by atoms with van der Waals surface area (Å²) >= 11 is 0. The molecular weight excluding hydrogens is 336 g/mol. The Morgan fingerprint density at radius 1 is 1.35 bits per heavy atom. The van der Waals surface area contributed by atoms with Gasteiger partial charge in [-0.05, 0) is 30.2 Å². The summed E-state index contributed by atoms with van der Waals surface area (Å²) in [7, 11) is 1.62. The number of H-pyrrole nitrogens is 1. The molecule has 0 unspecified atom stereocenters. The number of rotatable bonds is 7. The first kappa shape index (κ1) is 18.2. The smallest absolute Gasteiger partial charge is 0.407 e. The number of ether oxygens (including phenoxy) is 2. The lowest BCUT2D eigenvalue weighted by molar-refractivity contribution is 0.0191. The Morgan fingerprint density at radius 3 is 2.85 bits per heavy atom. The maximum absolute atomic E-state index is 12.0. The Hall–Kier alpha value is -2.58. The number of aromatic nitrogens is 2. The molecule has 1 amide bonds. The molecule has 1 saturated heterocycles. The number of alkyl carbamates (subject to hydrolysis) is 1. The first-order valence-corrected chi connectivity index (χ1v) is 8.63. The van der Waals surface area contributed by atoms with Crippen LogP contribution < -0.4 is 15.4 Å². The number of carbonyl (C=O) groups excluding carboxylic acids is 1. The fourth-order valence-electron chi connectivity index (χ4n) is 3.03. The number of nitrogens with zero attached hydrogens (tertiary/aromatic N) is 1. The van der Waals surface area contributed by atoms with E-state index in [9.17, 15) is 9.90 Å². The number of methoxy groups -OCH3 is 1. The van der Waals surface area contributed by atoms with E-state index in [-0.39, 0.29) is 6.04 Å². The zero-order valence-electron chi connectivity index (χ0n) is 14.6. The van der Waals surface area contributed by atoms with Crippen LogP contribution in [0.5, 0.6) is 5.75 Å². The molecule has 0 saturated carbocycles. The third-order valence-electron chi connectivity index (χ3n) is 4.43. The summed E-state index contributed by atoms with van der Waals surface area (Å²) in [6.45, 7) is 0.815. The van der Waals surface area contributed by atoms with Gasteiger partial charge in [-0.1, -0.05) is 12.1 Å². The quantitative estimate of drug-likeness (QED) is 0.577. The molecule has 4 N–H and O–H groups in total. The molecule has 140 valence electrons. The van der Waals surface area contributed by atoms with Crippen molar-refractivity contribution in [2.24, 2.45) is 0 Å². The van der Waals surface area contributed by atoms with E-state index in [1.165, 1.54) is 0 Å². The lowest BCUT2D eigenvalue weighted by atomic mass is 10.0. The molecule has 3 atom stereocenters. The standard InChI is InChI=1S/C18H24N4O4/c1-25-14-4-2-12(3-5-14)10-15-17(16(23)11-20-15)26-18(24)19-8-6-13-7-9-21-22-13/h2-5,7,9,15-17,20,23H,6,8,10-11H2,1H3,(H,19,24)(H,21,22)/t15-,16+,17+/m1/s1. The number of aliphatic hydroxyl groups is 1. The summed E-state index contributed by atoms with van der Waals surface area (Å²) in [5.41, 5.74) is 1.94. The van der Waals surface area contributed by atoms with Crippen molar-refractivity contribution < 1.29 is 19.4 Å². The minimum atomic E-state index is -0.727. The zero-order chi connectivity index (χ0) is 18.4. The summed E-state index contributed by atoms with van der Waals surface area (Å²) in [6.07, 6.45) is 1.13. The SMILES string of the molecule is COc1ccc(C[C@H]2NC[C@H](O)[C@H]2OC(=O)NCCc2cc[nH]n2)cc1. The van der Waals surface area contributed by atoms with Gasteiger partial charge in [0.2, 0.25) is 0 Å². The van der Waals surface area contributed by atoms with Crippen LogP contribution in [-0.2, 0) is 17.6 Å². The Morgan fingerprint density at radius 2 is 2.15 bits per heavy atom. The zero-order valence-corrected chi connectivity index (χ0v) is 14.6. The average molecular weight is 360 g/mol. The van der Waals surface area contributed by atoms with Crippen LogP contribution in [0.15, 0.2) is 36.5 Å². The highest BCUT2D eigenvalue weighted by Crippen LogP contribution is 2.19. The molecule has 1 aliphatic heterocycles. The number of carbonyl (C=O) groups is 1. The molecule has 0 radical (unpaired) electrons. The second kappa shape index (κ2) is 8.68. The Kier molecular flexibility index (Phi) is 6.08. The van der Waals surface area contributed by atoms with Crippen LogP contribution in [0.2, 0.25) is 0 Å². The molecule has 1 aromatic carbocycles. The van der Waals surface area contributed by atoms with Crippen LogP contribution in [0, 0.1) is 0 Å². The molecule has 0 aliphatic carbocycles. The van der Waals surface area contributed by atoms with Crippen LogP contribution in [-0.4, -0.2) is 59.8 Å². The van der Waals surface area contributed by atoms with Crippen molar-refractivity contribution in [3.05, 3.63) is 47.8 Å². The van der Waals surface area contributed by atoms with E-state index in [1.807, 2.05) is 30.3 Å². The van der Waals surface area contributed by atoms with Crippen LogP contribution in [0.25, 0.3) is 0 Å². The first-order chi connectivity index (χ1) is 12.7. The fraction of sp³-hybridized carbons (Fsp3) is 0.444. The lowest BCUT2D eigenvalue weighted by Crippen LogP contribution is -2.41. The van der Waals surface area contributed by atoms with Crippen molar-refractivity contribution in [1.82, 2.24) is 20.8 Å². The summed E-state index contributed by atoms with van der Waals surface area (Å²) in [4.78, 5) is 12.0. The summed E-state index contributed by atoms with van der Waals surface area (Å²) < 4.78 is 10.6. The minimum Gasteiger partial charge on any atom is -0.497 e. The number of hydrogen-bond donors (Lipinski definition) is 4. The second-order valence-corrected chi connectivity index (χ2v) is 6.25. The number of aromatic amines is 1. The normalized spacial score (nSPS) is 22.2. The van der Waals surface area contributed by atoms with Gasteiger partial charge in [0.05, 0.1) is 18.8 Å². The maximum atomic E-state index is 12.0. The van der Waals surface area contributed by atoms with Gasteiger partial charge in [-0.3, -0.25) is 5.10 Å². The molecule has 8 heteroatoms. The van der Waals surface area contributed by atoms with Gasteiger partial charge < -0.3 is 25.2 Å². The Bertz CT molecular complexity index is 690. The van der Waals surface area contributed by atoms with Crippen molar-refractivity contribution in [2.45, 2.75) is 31.1 Å². The molecule has 3 rings (SSSR count). The first-order valence-electron chi connectivity index (χ1n) is 8.63. The molecule has 2 heterocycles. The monoisotopic (exact) mass is 360 g/mol. The topological polar surface area (TPSA) is 108 Å². The highest BCUT2D eigenvalue weighted by atomic mass is 16.6. The summed E-state index contributed by atoms with van der Waals surface area (Å²) in [6, 6.07) is 9.41. The summed E-state index contributed by atoms with van der Waals surface area (Å²) in [5.74, 6) is 0.789. The van der Waals surface area contributed by atoms with E-state index in [4.69, 9.17) is 9.47 Å². The van der Waals surface area contributed by atoms with Crippen molar-refractivity contribution in [2.75, 3.05) is 20.2 Å². The molecule has 8 nitrogen and oxygen atoms in total. The number of hydrogen-bond acceptors (Lipinski definition) is 6. The number of nitrogens with one attached hydrogen (secondary N) is 3. The largest absolute Gasteiger partial charge is 0.497 e. The van der Waals surface area contributed by atoms with E-state index >= 15 is 0 Å². The minimum absolute atomic E-state index is 0.143. The van der Waals surface area contributed by atoms with E-state index < -0.39 is 18.3 Å². The fourth-order valence-corrected chi connectivity index (χ4v) is 3.03. The van der Waals surface area contributed by atoms with E-state index in [2.05, 4.69) is 20.8 Å². The van der Waals surface area contributed by atoms with Crippen LogP contribution in [0.4, 0.5) is 4.79 Å². The van der Waals surface area contributed by atoms with Crippen LogP contribution in [0.1, 0.15) is 11.3 Å². The van der Waals surface area contributed by atoms with E-state index in [0.717, 1.165) is 17.0 Å². The molecule has 0 spiro atoms. The molecule has 2 aromatic rings. The number of benzene rings is 1. The Labute approximate surface area is 151 Å². The number of β-amino-alcohol motifs (C(OH)–C–C–N with tert-alkyl or cyclic N) is 1. The molecular formula is C18H24N4O4. The van der Waals surface area contributed by atoms with Gasteiger partial charge in [-0.2, -0.15) is 5.10 Å². The van der Waals surface area contributed by atoms with Crippen molar-refractivity contribution in [3.63, 3.8) is 0 Å². The lowest BCUT2D eigenvalue weighted by Gasteiger charge is -2.22. The van der Waals surface area contributed by atoms with Crippen LogP contribution >= 0.6 is 0 Å². The van der Waals surface area contributed by atoms with Crippen molar-refractivity contribution in [3.8, 4) is 5.75 Å². The highest BCUT2D eigenvalue weighted by molar-refractivity contribution is 5.67. The molecule has 1 aliphatic rings. The molecule has 0 bridgehead atoms. The summed E-state index contributed by atoms with van der Waals surface area (Å²) in [5, 5.41) is 22.8. The van der Waals surface area contributed by atoms with Crippen LogP contribution in [0.3, 0.4) is 0 Å². The third kappa shape index (κ3) is 4.74. The molecule has 1 fully saturated rings. The van der Waals surface area contributed by atoms with Gasteiger partial charge in [0.25, 0.3) is 0 Å². The van der Waals surface area contributed by atoms with Gasteiger partial charge in [0, 0.05) is 25.7 Å². The molecule has 1 aromatic heterocycles. The van der Waals surface area contributed by atoms with Gasteiger partial charge in [-0.25, -0.2) is 4.79 Å². The van der Waals surface area contributed by atoms with Crippen molar-refractivity contribution in [1.29, 1.82) is 0 Å². The second-order valence-electron chi connectivity index (χ2n) is 6.25. The van der Waals surface area contributed by atoms with Gasteiger partial charge >= 0.3 is 6.09 Å². The predicted molar refractivity (Wildman–Crippen MR) is 95.1 cm³/mol. The third-order valence-corrected chi connectivity index (χ3v) is 4.43. The van der Waals surface area contributed by atoms with Crippen molar-refractivity contribution >= 4 is 6.09 Å². The maximum Gasteiger partial charge on any atom is 0.407 e. The number of amides is 1. The number of aliphatic hydroxyl groups excluding tert-OH is 1. The van der Waals surface area contributed by atoms with Gasteiger partial charge in [0.1, 0.15) is 18.0 Å². The Balaban J connectivity index is 1.50. The average Bonchev–Trinajstić information content (AvgIpc) is 3.28.